The van der Waals surface area contributed by atoms with Crippen molar-refractivity contribution in [2.24, 2.45) is 5.14 Å². The van der Waals surface area contributed by atoms with E-state index in [0.29, 0.717) is 12.2 Å². The minimum absolute atomic E-state index is 0. The highest BCUT2D eigenvalue weighted by molar-refractivity contribution is 7.89. The lowest BCUT2D eigenvalue weighted by molar-refractivity contribution is -0.120. The van der Waals surface area contributed by atoms with E-state index in [4.69, 9.17) is 14.6 Å². The molecular weight excluding hydrogens is 438 g/mol. The Labute approximate surface area is 196 Å². The Hall–Kier alpha value is -3.16. The highest BCUT2D eigenvalue weighted by Gasteiger charge is 2.50. The molecule has 0 saturated heterocycles. The van der Waals surface area contributed by atoms with Crippen molar-refractivity contribution in [3.63, 3.8) is 0 Å². The van der Waals surface area contributed by atoms with E-state index in [0.717, 1.165) is 52.8 Å². The van der Waals surface area contributed by atoms with E-state index in [1.807, 2.05) is 36.4 Å². The Balaban J connectivity index is 0.00000171. The van der Waals surface area contributed by atoms with Crippen LogP contribution in [0.3, 0.4) is 0 Å². The zero-order valence-electron chi connectivity index (χ0n) is 18.3. The lowest BCUT2D eigenvalue weighted by Gasteiger charge is -2.16. The molecule has 1 saturated carbocycles. The van der Waals surface area contributed by atoms with Crippen molar-refractivity contribution in [2.75, 3.05) is 6.79 Å². The third kappa shape index (κ3) is 4.03. The third-order valence-electron chi connectivity index (χ3n) is 6.62. The van der Waals surface area contributed by atoms with Gasteiger partial charge in [-0.2, -0.15) is 0 Å². The Kier molecular flexibility index (Phi) is 5.26. The second kappa shape index (κ2) is 8.01. The van der Waals surface area contributed by atoms with Crippen molar-refractivity contribution in [3.8, 4) is 22.6 Å². The number of sulfonamides is 1. The summed E-state index contributed by atoms with van der Waals surface area (Å²) >= 11 is 0. The molecule has 1 fully saturated rings. The highest BCUT2D eigenvalue weighted by atomic mass is 32.2. The maximum absolute atomic E-state index is 13.4. The quantitative estimate of drug-likeness (QED) is 0.547. The summed E-state index contributed by atoms with van der Waals surface area (Å²) in [7, 11) is -3.74. The topological polar surface area (TPSA) is 95.7 Å². The summed E-state index contributed by atoms with van der Waals surface area (Å²) in [5.74, 6) is 1.61. The maximum atomic E-state index is 13.4. The van der Waals surface area contributed by atoms with Crippen molar-refractivity contribution >= 4 is 15.8 Å². The maximum Gasteiger partial charge on any atom is 0.238 e. The van der Waals surface area contributed by atoms with Crippen LogP contribution in [0.25, 0.3) is 11.1 Å². The molecule has 2 N–H and O–H groups in total. The van der Waals surface area contributed by atoms with Crippen LogP contribution in [0.1, 0.15) is 39.3 Å². The van der Waals surface area contributed by atoms with Crippen LogP contribution in [0.5, 0.6) is 11.5 Å². The number of rotatable bonds is 7. The summed E-state index contributed by atoms with van der Waals surface area (Å²) in [6.45, 7) is 2.28. The molecule has 33 heavy (non-hydrogen) atoms. The van der Waals surface area contributed by atoms with Crippen LogP contribution < -0.4 is 14.6 Å². The van der Waals surface area contributed by atoms with Crippen molar-refractivity contribution in [2.45, 2.75) is 42.9 Å². The van der Waals surface area contributed by atoms with E-state index < -0.39 is 15.4 Å². The van der Waals surface area contributed by atoms with Gasteiger partial charge < -0.3 is 9.47 Å². The molecule has 0 radical (unpaired) electrons. The van der Waals surface area contributed by atoms with Gasteiger partial charge in [0.2, 0.25) is 16.8 Å². The van der Waals surface area contributed by atoms with Crippen molar-refractivity contribution in [1.29, 1.82) is 0 Å². The molecule has 1 aliphatic carbocycles. The zero-order valence-corrected chi connectivity index (χ0v) is 19.2. The Bertz CT molecular complexity index is 1350. The number of nitrogens with two attached hydrogens (primary N) is 1. The fraction of sp³-hybridized carbons (Fsp3) is 0.269. The van der Waals surface area contributed by atoms with E-state index >= 15 is 0 Å². The first-order valence-electron chi connectivity index (χ1n) is 11.0. The normalized spacial score (nSPS) is 15.9. The molecule has 0 bridgehead atoms. The summed E-state index contributed by atoms with van der Waals surface area (Å²) in [5, 5.41) is 5.22. The van der Waals surface area contributed by atoms with Gasteiger partial charge in [-0.1, -0.05) is 43.3 Å². The van der Waals surface area contributed by atoms with Gasteiger partial charge in [-0.05, 0) is 71.3 Å². The molecule has 0 atom stereocenters. The van der Waals surface area contributed by atoms with Crippen LogP contribution in [0, 0.1) is 0 Å². The van der Waals surface area contributed by atoms with Gasteiger partial charge in [0.1, 0.15) is 5.78 Å². The number of hydrogen-bond acceptors (Lipinski definition) is 5. The number of ketones is 1. The van der Waals surface area contributed by atoms with Crippen LogP contribution >= 0.6 is 0 Å². The Morgan fingerprint density at radius 3 is 2.39 bits per heavy atom. The van der Waals surface area contributed by atoms with Crippen molar-refractivity contribution < 1.29 is 25.5 Å². The van der Waals surface area contributed by atoms with Crippen LogP contribution in [0.2, 0.25) is 0 Å². The fourth-order valence-corrected chi connectivity index (χ4v) is 5.05. The molecule has 0 aromatic heterocycles. The zero-order chi connectivity index (χ0) is 23.2. The van der Waals surface area contributed by atoms with Crippen LogP contribution in [-0.4, -0.2) is 21.0 Å². The average molecular weight is 468 g/mol. The summed E-state index contributed by atoms with van der Waals surface area (Å²) in [6.07, 6.45) is 2.82. The minimum atomic E-state index is -3.74. The number of primary sulfonamides is 1. The molecular formula is C26H29NO5S. The third-order valence-corrected chi connectivity index (χ3v) is 7.55. The van der Waals surface area contributed by atoms with Gasteiger partial charge in [0.25, 0.3) is 0 Å². The molecule has 1 heterocycles. The van der Waals surface area contributed by atoms with E-state index in [1.165, 1.54) is 12.1 Å². The lowest BCUT2D eigenvalue weighted by Crippen LogP contribution is -2.22. The number of aryl methyl sites for hydroxylation is 1. The van der Waals surface area contributed by atoms with Gasteiger partial charge in [0.15, 0.2) is 11.5 Å². The highest BCUT2D eigenvalue weighted by Crippen LogP contribution is 2.51. The minimum Gasteiger partial charge on any atom is -0.454 e. The van der Waals surface area contributed by atoms with Gasteiger partial charge in [-0.3, -0.25) is 4.79 Å². The molecule has 3 aromatic carbocycles. The first-order valence-corrected chi connectivity index (χ1v) is 12.5. The van der Waals surface area contributed by atoms with Gasteiger partial charge in [0.05, 0.1) is 10.3 Å². The van der Waals surface area contributed by atoms with Crippen LogP contribution in [0.15, 0.2) is 65.6 Å². The van der Waals surface area contributed by atoms with E-state index in [9.17, 15) is 13.2 Å². The monoisotopic (exact) mass is 467 g/mol. The summed E-state index contributed by atoms with van der Waals surface area (Å²) in [6, 6.07) is 18.4. The molecule has 1 aliphatic heterocycles. The Morgan fingerprint density at radius 2 is 1.73 bits per heavy atom. The number of benzene rings is 3. The second-order valence-electron chi connectivity index (χ2n) is 8.66. The lowest BCUT2D eigenvalue weighted by atomic mass is 9.86. The number of ether oxygens (including phenoxy) is 2. The standard InChI is InChI=1S/C26H25NO5S.2H2/c1-2-18-4-3-17(13-22(18)19-5-8-21(9-6-19)33(27,29)30)14-25(28)26(11-12-26)20-7-10-23-24(15-20)32-16-31-23;;/h3-10,13,15H,2,11-12,14,16H2,1H3,(H2,27,29,30);2*1H. The molecule has 174 valence electrons. The largest absolute Gasteiger partial charge is 0.454 e. The number of hydrogen-bond donors (Lipinski definition) is 1. The van der Waals surface area contributed by atoms with Gasteiger partial charge in [-0.15, -0.1) is 0 Å². The predicted molar refractivity (Wildman–Crippen MR) is 129 cm³/mol. The van der Waals surface area contributed by atoms with Gasteiger partial charge >= 0.3 is 0 Å². The predicted octanol–water partition coefficient (Wildman–Crippen LogP) is 4.63. The first kappa shape index (κ1) is 21.7. The SMILES string of the molecule is CCc1ccc(CC(=O)C2(c3ccc4c(c3)OCO4)CC2)cc1-c1ccc(S(N)(=O)=O)cc1.[HH].[HH]. The molecule has 0 unspecified atom stereocenters. The summed E-state index contributed by atoms with van der Waals surface area (Å²) < 4.78 is 34.1. The molecule has 0 spiro atoms. The molecule has 0 amide bonds. The van der Waals surface area contributed by atoms with Crippen LogP contribution in [-0.2, 0) is 33.1 Å². The molecule has 5 rings (SSSR count). The average Bonchev–Trinajstić information content (AvgIpc) is 3.49. The van der Waals surface area contributed by atoms with E-state index in [1.54, 1.807) is 12.1 Å². The summed E-state index contributed by atoms with van der Waals surface area (Å²) in [5.41, 5.74) is 4.49. The van der Waals surface area contributed by atoms with Crippen molar-refractivity contribution in [3.05, 3.63) is 77.4 Å². The van der Waals surface area contributed by atoms with Crippen LogP contribution in [0.4, 0.5) is 0 Å². The molecule has 2 aliphatic rings. The number of carbonyl (C=O) groups excluding carboxylic acids is 1. The van der Waals surface area contributed by atoms with E-state index in [-0.39, 0.29) is 20.3 Å². The molecule has 6 nitrogen and oxygen atoms in total. The first-order chi connectivity index (χ1) is 15.8. The second-order valence-corrected chi connectivity index (χ2v) is 10.2. The van der Waals surface area contributed by atoms with Crippen molar-refractivity contribution in [1.82, 2.24) is 0 Å². The van der Waals surface area contributed by atoms with Gasteiger partial charge in [-0.25, -0.2) is 13.6 Å². The summed E-state index contributed by atoms with van der Waals surface area (Å²) in [4.78, 5) is 13.5. The smallest absolute Gasteiger partial charge is 0.238 e. The number of carbonyl (C=O) groups is 1. The molecule has 3 aromatic rings. The fourth-order valence-electron chi connectivity index (χ4n) is 4.54. The number of Topliss-reactive ketones (excluding diaryl/α,β-unsaturated/α-hetero) is 1. The molecule has 7 heteroatoms. The Morgan fingerprint density at radius 1 is 1.00 bits per heavy atom. The van der Waals surface area contributed by atoms with Gasteiger partial charge in [0, 0.05) is 9.27 Å². The number of fused-ring (bicyclic) bond motifs is 1. The van der Waals surface area contributed by atoms with E-state index in [2.05, 4.69) is 6.92 Å².